The zero-order chi connectivity index (χ0) is 15.9. The average Bonchev–Trinajstić information content (AvgIpc) is 3.07. The summed E-state index contributed by atoms with van der Waals surface area (Å²) in [6.07, 6.45) is 3.75. The molecule has 0 spiro atoms. The minimum absolute atomic E-state index is 0.0802. The molecular weight excluding hydrogens is 280 g/mol. The molecule has 116 valence electrons. The normalized spacial score (nSPS) is 11.7. The SMILES string of the molecule is CC[C@H](C)NC(=O)c1ccc(CNC(=O)c2ccoc2)cc1. The molecule has 22 heavy (non-hydrogen) atoms. The van der Waals surface area contributed by atoms with Crippen LogP contribution in [0, 0.1) is 0 Å². The first-order valence-corrected chi connectivity index (χ1v) is 7.30. The lowest BCUT2D eigenvalue weighted by molar-refractivity contribution is 0.0934. The first-order chi connectivity index (χ1) is 10.6. The maximum atomic E-state index is 12.0. The molecule has 0 fully saturated rings. The molecule has 2 rings (SSSR count). The van der Waals surface area contributed by atoms with E-state index in [1.54, 1.807) is 18.2 Å². The Morgan fingerprint density at radius 3 is 2.41 bits per heavy atom. The van der Waals surface area contributed by atoms with Crippen LogP contribution in [-0.4, -0.2) is 17.9 Å². The fraction of sp³-hybridized carbons (Fsp3) is 0.294. The maximum Gasteiger partial charge on any atom is 0.254 e. The summed E-state index contributed by atoms with van der Waals surface area (Å²) in [5.74, 6) is -0.268. The number of hydrogen-bond acceptors (Lipinski definition) is 3. The molecule has 0 saturated heterocycles. The third kappa shape index (κ3) is 4.22. The molecule has 1 heterocycles. The number of hydrogen-bond donors (Lipinski definition) is 2. The van der Waals surface area contributed by atoms with E-state index in [2.05, 4.69) is 10.6 Å². The van der Waals surface area contributed by atoms with Crippen molar-refractivity contribution in [2.45, 2.75) is 32.9 Å². The van der Waals surface area contributed by atoms with E-state index in [1.165, 1.54) is 12.5 Å². The standard InChI is InChI=1S/C17H20N2O3/c1-3-12(2)19-17(21)14-6-4-13(5-7-14)10-18-16(20)15-8-9-22-11-15/h4-9,11-12H,3,10H2,1-2H3,(H,18,20)(H,19,21)/t12-/m0/s1. The second kappa shape index (κ2) is 7.45. The highest BCUT2D eigenvalue weighted by molar-refractivity contribution is 5.94. The van der Waals surface area contributed by atoms with E-state index in [9.17, 15) is 9.59 Å². The van der Waals surface area contributed by atoms with Gasteiger partial charge in [0.2, 0.25) is 0 Å². The van der Waals surface area contributed by atoms with Gasteiger partial charge in [-0.3, -0.25) is 9.59 Å². The van der Waals surface area contributed by atoms with E-state index in [0.717, 1.165) is 12.0 Å². The number of benzene rings is 1. The Kier molecular flexibility index (Phi) is 5.36. The summed E-state index contributed by atoms with van der Waals surface area (Å²) in [6.45, 7) is 4.39. The van der Waals surface area contributed by atoms with Crippen LogP contribution in [0.2, 0.25) is 0 Å². The third-order valence-electron chi connectivity index (χ3n) is 3.44. The Morgan fingerprint density at radius 2 is 1.82 bits per heavy atom. The van der Waals surface area contributed by atoms with Crippen LogP contribution in [0.3, 0.4) is 0 Å². The number of carbonyl (C=O) groups is 2. The molecule has 5 heteroatoms. The van der Waals surface area contributed by atoms with Gasteiger partial charge in [0.05, 0.1) is 11.8 Å². The summed E-state index contributed by atoms with van der Waals surface area (Å²) in [4.78, 5) is 23.7. The van der Waals surface area contributed by atoms with Crippen LogP contribution in [0.25, 0.3) is 0 Å². The first-order valence-electron chi connectivity index (χ1n) is 7.30. The molecule has 1 atom stereocenters. The Bertz CT molecular complexity index is 618. The Labute approximate surface area is 129 Å². The van der Waals surface area contributed by atoms with Crippen molar-refractivity contribution in [3.63, 3.8) is 0 Å². The minimum atomic E-state index is -0.188. The van der Waals surface area contributed by atoms with E-state index in [4.69, 9.17) is 4.42 Å². The molecule has 2 N–H and O–H groups in total. The predicted octanol–water partition coefficient (Wildman–Crippen LogP) is 2.74. The summed E-state index contributed by atoms with van der Waals surface area (Å²) in [5, 5.41) is 5.71. The van der Waals surface area contributed by atoms with Crippen LogP contribution in [0.15, 0.2) is 47.3 Å². The molecule has 0 aliphatic rings. The lowest BCUT2D eigenvalue weighted by atomic mass is 10.1. The van der Waals surface area contributed by atoms with Crippen molar-refractivity contribution in [3.8, 4) is 0 Å². The monoisotopic (exact) mass is 300 g/mol. The van der Waals surface area contributed by atoms with Gasteiger partial charge in [-0.2, -0.15) is 0 Å². The highest BCUT2D eigenvalue weighted by Gasteiger charge is 2.09. The highest BCUT2D eigenvalue weighted by Crippen LogP contribution is 2.06. The van der Waals surface area contributed by atoms with E-state index < -0.39 is 0 Å². The van der Waals surface area contributed by atoms with E-state index in [-0.39, 0.29) is 17.9 Å². The molecule has 0 bridgehead atoms. The zero-order valence-corrected chi connectivity index (χ0v) is 12.8. The summed E-state index contributed by atoms with van der Waals surface area (Å²) in [5.41, 5.74) is 2.03. The van der Waals surface area contributed by atoms with Crippen LogP contribution in [-0.2, 0) is 6.54 Å². The lowest BCUT2D eigenvalue weighted by Gasteiger charge is -2.11. The quantitative estimate of drug-likeness (QED) is 0.861. The van der Waals surface area contributed by atoms with Crippen LogP contribution < -0.4 is 10.6 Å². The van der Waals surface area contributed by atoms with Crippen molar-refractivity contribution in [1.82, 2.24) is 10.6 Å². The van der Waals surface area contributed by atoms with Gasteiger partial charge in [-0.05, 0) is 37.1 Å². The van der Waals surface area contributed by atoms with Gasteiger partial charge in [-0.25, -0.2) is 0 Å². The molecule has 0 unspecified atom stereocenters. The third-order valence-corrected chi connectivity index (χ3v) is 3.44. The van der Waals surface area contributed by atoms with Crippen molar-refractivity contribution in [3.05, 3.63) is 59.5 Å². The largest absolute Gasteiger partial charge is 0.472 e. The van der Waals surface area contributed by atoms with Crippen LogP contribution in [0.1, 0.15) is 46.5 Å². The van der Waals surface area contributed by atoms with E-state index in [1.807, 2.05) is 26.0 Å². The summed E-state index contributed by atoms with van der Waals surface area (Å²) in [7, 11) is 0. The van der Waals surface area contributed by atoms with Crippen molar-refractivity contribution in [1.29, 1.82) is 0 Å². The highest BCUT2D eigenvalue weighted by atomic mass is 16.3. The Morgan fingerprint density at radius 1 is 1.09 bits per heavy atom. The van der Waals surface area contributed by atoms with Gasteiger partial charge in [0.15, 0.2) is 0 Å². The Hall–Kier alpha value is -2.56. The molecule has 0 aliphatic carbocycles. The number of nitrogens with one attached hydrogen (secondary N) is 2. The van der Waals surface area contributed by atoms with Crippen LogP contribution >= 0.6 is 0 Å². The van der Waals surface area contributed by atoms with Gasteiger partial charge in [-0.1, -0.05) is 19.1 Å². The average molecular weight is 300 g/mol. The van der Waals surface area contributed by atoms with Gasteiger partial charge in [0, 0.05) is 18.2 Å². The lowest BCUT2D eigenvalue weighted by Crippen LogP contribution is -2.31. The van der Waals surface area contributed by atoms with Gasteiger partial charge in [0.25, 0.3) is 11.8 Å². The molecule has 0 saturated carbocycles. The summed E-state index contributed by atoms with van der Waals surface area (Å²) >= 11 is 0. The van der Waals surface area contributed by atoms with Gasteiger partial charge in [0.1, 0.15) is 6.26 Å². The molecule has 5 nitrogen and oxygen atoms in total. The topological polar surface area (TPSA) is 71.3 Å². The van der Waals surface area contributed by atoms with E-state index >= 15 is 0 Å². The second-order valence-electron chi connectivity index (χ2n) is 5.17. The number of amides is 2. The maximum absolute atomic E-state index is 12.0. The van der Waals surface area contributed by atoms with Gasteiger partial charge < -0.3 is 15.1 Å². The molecule has 0 aliphatic heterocycles. The molecule has 1 aromatic carbocycles. The fourth-order valence-corrected chi connectivity index (χ4v) is 1.86. The van der Waals surface area contributed by atoms with Gasteiger partial charge in [-0.15, -0.1) is 0 Å². The van der Waals surface area contributed by atoms with Crippen LogP contribution in [0.4, 0.5) is 0 Å². The second-order valence-corrected chi connectivity index (χ2v) is 5.17. The van der Waals surface area contributed by atoms with Crippen molar-refractivity contribution in [2.75, 3.05) is 0 Å². The Balaban J connectivity index is 1.89. The number of carbonyl (C=O) groups excluding carboxylic acids is 2. The minimum Gasteiger partial charge on any atom is -0.472 e. The molecule has 2 aromatic rings. The molecule has 0 radical (unpaired) electrons. The van der Waals surface area contributed by atoms with Crippen molar-refractivity contribution in [2.24, 2.45) is 0 Å². The van der Waals surface area contributed by atoms with Crippen LogP contribution in [0.5, 0.6) is 0 Å². The molecular formula is C17H20N2O3. The van der Waals surface area contributed by atoms with Gasteiger partial charge >= 0.3 is 0 Å². The fourth-order valence-electron chi connectivity index (χ4n) is 1.86. The van der Waals surface area contributed by atoms with Crippen molar-refractivity contribution < 1.29 is 14.0 Å². The first kappa shape index (κ1) is 15.8. The molecule has 1 aromatic heterocycles. The molecule has 2 amide bonds. The predicted molar refractivity (Wildman–Crippen MR) is 83.5 cm³/mol. The zero-order valence-electron chi connectivity index (χ0n) is 12.8. The van der Waals surface area contributed by atoms with E-state index in [0.29, 0.717) is 17.7 Å². The number of rotatable bonds is 6. The summed E-state index contributed by atoms with van der Waals surface area (Å²) in [6, 6.07) is 8.95. The van der Waals surface area contributed by atoms with Crippen molar-refractivity contribution >= 4 is 11.8 Å². The summed E-state index contributed by atoms with van der Waals surface area (Å²) < 4.78 is 4.87. The number of furan rings is 1. The smallest absolute Gasteiger partial charge is 0.254 e.